The van der Waals surface area contributed by atoms with Crippen LogP contribution in [-0.2, 0) is 4.79 Å². The molecule has 2 heteroatoms. The number of carbonyl (C=O) groups excluding carboxylic acids is 1. The lowest BCUT2D eigenvalue weighted by Crippen LogP contribution is -2.06. The molecular weight excluding hydrogens is 126 g/mol. The summed E-state index contributed by atoms with van der Waals surface area (Å²) in [5.74, 6) is 0. The van der Waals surface area contributed by atoms with E-state index in [2.05, 4.69) is 5.32 Å². The van der Waals surface area contributed by atoms with E-state index in [9.17, 15) is 4.79 Å². The van der Waals surface area contributed by atoms with Crippen LogP contribution >= 0.6 is 0 Å². The first-order valence-electron chi connectivity index (χ1n) is 4.00. The highest BCUT2D eigenvalue weighted by Gasteiger charge is 1.87. The number of unbranched alkanes of at least 4 members (excludes halogenated alkanes) is 4. The molecule has 0 saturated heterocycles. The maximum atomic E-state index is 9.88. The van der Waals surface area contributed by atoms with Crippen LogP contribution in [-0.4, -0.2) is 19.9 Å². The second-order valence-corrected chi connectivity index (χ2v) is 2.47. The Morgan fingerprint density at radius 2 is 1.90 bits per heavy atom. The summed E-state index contributed by atoms with van der Waals surface area (Å²) in [5, 5.41) is 3.09. The Balaban J connectivity index is 2.70. The van der Waals surface area contributed by atoms with Crippen LogP contribution in [0.25, 0.3) is 0 Å². The van der Waals surface area contributed by atoms with Crippen molar-refractivity contribution in [2.75, 3.05) is 13.6 Å². The number of rotatable bonds is 7. The third-order valence-corrected chi connectivity index (χ3v) is 1.50. The summed E-state index contributed by atoms with van der Waals surface area (Å²) >= 11 is 0. The van der Waals surface area contributed by atoms with E-state index in [0.29, 0.717) is 0 Å². The van der Waals surface area contributed by atoms with E-state index in [1.807, 2.05) is 7.05 Å². The van der Waals surface area contributed by atoms with E-state index in [0.717, 1.165) is 25.7 Å². The van der Waals surface area contributed by atoms with Crippen LogP contribution in [0.5, 0.6) is 0 Å². The van der Waals surface area contributed by atoms with Crippen molar-refractivity contribution in [3.8, 4) is 0 Å². The van der Waals surface area contributed by atoms with E-state index in [1.165, 1.54) is 19.3 Å². The molecule has 0 fully saturated rings. The van der Waals surface area contributed by atoms with E-state index in [4.69, 9.17) is 0 Å². The molecule has 0 aromatic rings. The quantitative estimate of drug-likeness (QED) is 0.430. The molecule has 1 N–H and O–H groups in total. The minimum Gasteiger partial charge on any atom is -0.320 e. The van der Waals surface area contributed by atoms with Gasteiger partial charge in [-0.05, 0) is 26.4 Å². The average molecular weight is 143 g/mol. The highest BCUT2D eigenvalue weighted by molar-refractivity contribution is 5.48. The van der Waals surface area contributed by atoms with Crippen LogP contribution in [0.3, 0.4) is 0 Å². The lowest BCUT2D eigenvalue weighted by molar-refractivity contribution is -0.107. The zero-order valence-corrected chi connectivity index (χ0v) is 6.73. The Kier molecular flexibility index (Phi) is 8.31. The molecule has 0 radical (unpaired) electrons. The largest absolute Gasteiger partial charge is 0.320 e. The van der Waals surface area contributed by atoms with E-state index >= 15 is 0 Å². The maximum Gasteiger partial charge on any atom is 0.119 e. The van der Waals surface area contributed by atoms with Gasteiger partial charge in [-0.15, -0.1) is 0 Å². The van der Waals surface area contributed by atoms with E-state index in [-0.39, 0.29) is 0 Å². The summed E-state index contributed by atoms with van der Waals surface area (Å²) in [7, 11) is 1.96. The fourth-order valence-electron chi connectivity index (χ4n) is 0.883. The Labute approximate surface area is 63.0 Å². The fraction of sp³-hybridized carbons (Fsp3) is 0.875. The zero-order valence-electron chi connectivity index (χ0n) is 6.73. The smallest absolute Gasteiger partial charge is 0.119 e. The lowest BCUT2D eigenvalue weighted by Gasteiger charge is -1.97. The highest BCUT2D eigenvalue weighted by atomic mass is 16.1. The van der Waals surface area contributed by atoms with Crippen molar-refractivity contribution in [1.29, 1.82) is 0 Å². The summed E-state index contributed by atoms with van der Waals surface area (Å²) in [4.78, 5) is 9.88. The third-order valence-electron chi connectivity index (χ3n) is 1.50. The monoisotopic (exact) mass is 143 g/mol. The Morgan fingerprint density at radius 3 is 2.50 bits per heavy atom. The molecule has 0 amide bonds. The molecule has 0 aliphatic heterocycles. The molecule has 0 atom stereocenters. The van der Waals surface area contributed by atoms with Crippen LogP contribution < -0.4 is 5.32 Å². The second-order valence-electron chi connectivity index (χ2n) is 2.47. The minimum atomic E-state index is 0.736. The molecule has 0 heterocycles. The fourth-order valence-corrected chi connectivity index (χ4v) is 0.883. The van der Waals surface area contributed by atoms with Crippen LogP contribution in [0.2, 0.25) is 0 Å². The summed E-state index contributed by atoms with van der Waals surface area (Å²) in [6.45, 7) is 1.10. The number of hydrogen-bond donors (Lipinski definition) is 1. The summed E-state index contributed by atoms with van der Waals surface area (Å²) < 4.78 is 0. The third kappa shape index (κ3) is 7.63. The van der Waals surface area contributed by atoms with Gasteiger partial charge in [-0.1, -0.05) is 12.8 Å². The molecule has 2 nitrogen and oxygen atoms in total. The maximum absolute atomic E-state index is 9.88. The first kappa shape index (κ1) is 9.63. The number of hydrogen-bond acceptors (Lipinski definition) is 2. The lowest BCUT2D eigenvalue weighted by atomic mass is 10.1. The zero-order chi connectivity index (χ0) is 7.66. The Hall–Kier alpha value is -0.370. The van der Waals surface area contributed by atoms with Crippen molar-refractivity contribution in [2.45, 2.75) is 32.1 Å². The minimum absolute atomic E-state index is 0.736. The van der Waals surface area contributed by atoms with E-state index in [1.54, 1.807) is 0 Å². The molecule has 0 aromatic carbocycles. The molecular formula is C8H17NO. The molecule has 0 spiro atoms. The predicted molar refractivity (Wildman–Crippen MR) is 43.1 cm³/mol. The Morgan fingerprint density at radius 1 is 1.20 bits per heavy atom. The topological polar surface area (TPSA) is 29.1 Å². The summed E-state index contributed by atoms with van der Waals surface area (Å²) in [6, 6.07) is 0. The summed E-state index contributed by atoms with van der Waals surface area (Å²) in [6.07, 6.45) is 6.47. The molecule has 0 bridgehead atoms. The van der Waals surface area contributed by atoms with Crippen LogP contribution in [0, 0.1) is 0 Å². The van der Waals surface area contributed by atoms with Crippen molar-refractivity contribution < 1.29 is 4.79 Å². The van der Waals surface area contributed by atoms with Gasteiger partial charge >= 0.3 is 0 Å². The van der Waals surface area contributed by atoms with Crippen molar-refractivity contribution in [2.24, 2.45) is 0 Å². The molecule has 60 valence electrons. The van der Waals surface area contributed by atoms with Crippen molar-refractivity contribution in [3.63, 3.8) is 0 Å². The van der Waals surface area contributed by atoms with Gasteiger partial charge in [0.1, 0.15) is 6.29 Å². The predicted octanol–water partition coefficient (Wildman–Crippen LogP) is 1.36. The molecule has 0 aliphatic carbocycles. The van der Waals surface area contributed by atoms with Crippen LogP contribution in [0.4, 0.5) is 0 Å². The number of carbonyl (C=O) groups is 1. The first-order chi connectivity index (χ1) is 4.91. The van der Waals surface area contributed by atoms with Gasteiger partial charge in [0.25, 0.3) is 0 Å². The molecule has 0 rings (SSSR count). The molecule has 0 aromatic heterocycles. The SMILES string of the molecule is CNCCCCCCC=O. The van der Waals surface area contributed by atoms with Crippen LogP contribution in [0.1, 0.15) is 32.1 Å². The Bertz CT molecular complexity index is 73.7. The van der Waals surface area contributed by atoms with Crippen molar-refractivity contribution in [3.05, 3.63) is 0 Å². The molecule has 0 unspecified atom stereocenters. The van der Waals surface area contributed by atoms with Gasteiger partial charge in [-0.3, -0.25) is 0 Å². The standard InChI is InChI=1S/C8H17NO/c1-9-7-5-3-2-4-6-8-10/h8-9H,2-7H2,1H3. The number of nitrogens with one attached hydrogen (secondary N) is 1. The summed E-state index contributed by atoms with van der Waals surface area (Å²) in [5.41, 5.74) is 0. The molecule has 0 aliphatic rings. The van der Waals surface area contributed by atoms with Gasteiger partial charge in [0.05, 0.1) is 0 Å². The van der Waals surface area contributed by atoms with Gasteiger partial charge < -0.3 is 10.1 Å². The van der Waals surface area contributed by atoms with E-state index < -0.39 is 0 Å². The average Bonchev–Trinajstić information content (AvgIpc) is 1.97. The normalized spacial score (nSPS) is 9.70. The highest BCUT2D eigenvalue weighted by Crippen LogP contribution is 1.99. The van der Waals surface area contributed by atoms with Gasteiger partial charge in [0, 0.05) is 6.42 Å². The van der Waals surface area contributed by atoms with Crippen LogP contribution in [0.15, 0.2) is 0 Å². The first-order valence-corrected chi connectivity index (χ1v) is 4.00. The second kappa shape index (κ2) is 8.63. The molecule has 10 heavy (non-hydrogen) atoms. The number of aldehydes is 1. The van der Waals surface area contributed by atoms with Gasteiger partial charge in [0.2, 0.25) is 0 Å². The molecule has 0 saturated carbocycles. The van der Waals surface area contributed by atoms with Crippen molar-refractivity contribution in [1.82, 2.24) is 5.32 Å². The van der Waals surface area contributed by atoms with Gasteiger partial charge in [-0.2, -0.15) is 0 Å². The van der Waals surface area contributed by atoms with Gasteiger partial charge in [-0.25, -0.2) is 0 Å². The van der Waals surface area contributed by atoms with Gasteiger partial charge in [0.15, 0.2) is 0 Å². The van der Waals surface area contributed by atoms with Crippen molar-refractivity contribution >= 4 is 6.29 Å².